The van der Waals surface area contributed by atoms with Crippen molar-refractivity contribution in [3.8, 4) is 34.0 Å². The Kier molecular flexibility index (Phi) is 5.77. The molecule has 1 aliphatic rings. The molecule has 0 aliphatic carbocycles. The molecular formula is C26H28N4O2. The monoisotopic (exact) mass is 428 g/mol. The molecule has 0 bridgehead atoms. The molecular weight excluding hydrogens is 400 g/mol. The molecule has 0 radical (unpaired) electrons. The van der Waals surface area contributed by atoms with Crippen molar-refractivity contribution in [2.75, 3.05) is 13.1 Å². The third-order valence-corrected chi connectivity index (χ3v) is 5.65. The smallest absolute Gasteiger partial charge is 0.233 e. The van der Waals surface area contributed by atoms with E-state index in [1.165, 1.54) is 0 Å². The van der Waals surface area contributed by atoms with Gasteiger partial charge in [0.2, 0.25) is 5.88 Å². The minimum atomic E-state index is 0.140. The number of hydrogen-bond donors (Lipinski definition) is 2. The molecule has 32 heavy (non-hydrogen) atoms. The van der Waals surface area contributed by atoms with E-state index >= 15 is 0 Å². The van der Waals surface area contributed by atoms with Crippen LogP contribution in [0.15, 0.2) is 61.1 Å². The Labute approximate surface area is 188 Å². The summed E-state index contributed by atoms with van der Waals surface area (Å²) in [6.07, 6.45) is 7.91. The first kappa shape index (κ1) is 20.5. The fraction of sp³-hybridized carbons (Fsp3) is 0.308. The summed E-state index contributed by atoms with van der Waals surface area (Å²) in [7, 11) is 0. The Morgan fingerprint density at radius 1 is 1.06 bits per heavy atom. The number of nitrogens with one attached hydrogen (secondary N) is 2. The maximum absolute atomic E-state index is 6.08. The van der Waals surface area contributed by atoms with Crippen molar-refractivity contribution >= 4 is 10.9 Å². The van der Waals surface area contributed by atoms with Crippen LogP contribution >= 0.6 is 0 Å². The second-order valence-electron chi connectivity index (χ2n) is 8.49. The first-order chi connectivity index (χ1) is 15.7. The van der Waals surface area contributed by atoms with Gasteiger partial charge in [0.15, 0.2) is 0 Å². The van der Waals surface area contributed by atoms with Crippen LogP contribution in [0.3, 0.4) is 0 Å². The van der Waals surface area contributed by atoms with E-state index in [-0.39, 0.29) is 12.2 Å². The molecule has 0 saturated carbocycles. The van der Waals surface area contributed by atoms with E-state index in [1.54, 1.807) is 12.4 Å². The Morgan fingerprint density at radius 3 is 2.81 bits per heavy atom. The molecule has 1 atom stereocenters. The number of aromatic nitrogens is 3. The molecule has 1 saturated heterocycles. The zero-order chi connectivity index (χ0) is 21.9. The third kappa shape index (κ3) is 4.46. The van der Waals surface area contributed by atoms with Gasteiger partial charge in [0.1, 0.15) is 11.9 Å². The summed E-state index contributed by atoms with van der Waals surface area (Å²) in [5.74, 6) is 1.44. The van der Waals surface area contributed by atoms with Gasteiger partial charge in [0.05, 0.1) is 24.2 Å². The van der Waals surface area contributed by atoms with Gasteiger partial charge in [-0.1, -0.05) is 18.2 Å². The van der Waals surface area contributed by atoms with Crippen molar-refractivity contribution in [1.29, 1.82) is 0 Å². The molecule has 2 N–H and O–H groups in total. The van der Waals surface area contributed by atoms with Gasteiger partial charge in [-0.05, 0) is 68.6 Å². The predicted molar refractivity (Wildman–Crippen MR) is 127 cm³/mol. The maximum atomic E-state index is 6.08. The molecule has 6 heteroatoms. The number of nitrogens with zero attached hydrogens (tertiary/aromatic N) is 2. The van der Waals surface area contributed by atoms with Crippen molar-refractivity contribution in [2.45, 2.75) is 38.9 Å². The molecule has 164 valence electrons. The van der Waals surface area contributed by atoms with E-state index in [9.17, 15) is 0 Å². The number of piperidine rings is 1. The van der Waals surface area contributed by atoms with Gasteiger partial charge in [0, 0.05) is 29.2 Å². The van der Waals surface area contributed by atoms with Gasteiger partial charge in [-0.2, -0.15) is 0 Å². The number of hydrogen-bond acceptors (Lipinski definition) is 5. The second kappa shape index (κ2) is 9.01. The lowest BCUT2D eigenvalue weighted by atomic mass is 10.0. The summed E-state index contributed by atoms with van der Waals surface area (Å²) >= 11 is 0. The zero-order valence-electron chi connectivity index (χ0n) is 18.5. The molecule has 1 aliphatic heterocycles. The van der Waals surface area contributed by atoms with Gasteiger partial charge < -0.3 is 19.8 Å². The third-order valence-electron chi connectivity index (χ3n) is 5.65. The Hall–Kier alpha value is -3.38. The lowest BCUT2D eigenvalue weighted by Crippen LogP contribution is -2.37. The summed E-state index contributed by atoms with van der Waals surface area (Å²) < 4.78 is 12.0. The van der Waals surface area contributed by atoms with Gasteiger partial charge in [0.25, 0.3) is 0 Å². The lowest BCUT2D eigenvalue weighted by Gasteiger charge is -2.23. The number of H-pyrrole nitrogens is 1. The van der Waals surface area contributed by atoms with Gasteiger partial charge in [-0.25, -0.2) is 4.98 Å². The Bertz CT molecular complexity index is 1210. The summed E-state index contributed by atoms with van der Waals surface area (Å²) in [5, 5.41) is 4.47. The molecule has 5 rings (SSSR count). The van der Waals surface area contributed by atoms with E-state index in [2.05, 4.69) is 45.6 Å². The molecule has 4 aromatic rings. The quantitative estimate of drug-likeness (QED) is 0.441. The first-order valence-electron chi connectivity index (χ1n) is 11.2. The van der Waals surface area contributed by atoms with Crippen molar-refractivity contribution in [3.05, 3.63) is 61.1 Å². The highest BCUT2D eigenvalue weighted by molar-refractivity contribution is 5.97. The van der Waals surface area contributed by atoms with Crippen molar-refractivity contribution in [3.63, 3.8) is 0 Å². The highest BCUT2D eigenvalue weighted by Crippen LogP contribution is 2.33. The molecule has 1 unspecified atom stereocenters. The van der Waals surface area contributed by atoms with E-state index in [0.717, 1.165) is 65.0 Å². The number of fused-ring (bicyclic) bond motifs is 1. The van der Waals surface area contributed by atoms with Crippen LogP contribution in [0, 0.1) is 0 Å². The fourth-order valence-electron chi connectivity index (χ4n) is 4.16. The van der Waals surface area contributed by atoms with E-state index in [1.807, 2.05) is 32.2 Å². The summed E-state index contributed by atoms with van der Waals surface area (Å²) in [5.41, 5.74) is 5.11. The average Bonchev–Trinajstić information content (AvgIpc) is 3.23. The van der Waals surface area contributed by atoms with Gasteiger partial charge >= 0.3 is 0 Å². The largest absolute Gasteiger partial charge is 0.491 e. The molecule has 2 aromatic carbocycles. The number of aromatic amines is 1. The van der Waals surface area contributed by atoms with Crippen LogP contribution in [0.1, 0.15) is 26.7 Å². The molecule has 1 fully saturated rings. The minimum absolute atomic E-state index is 0.140. The number of rotatable bonds is 6. The fourth-order valence-corrected chi connectivity index (χ4v) is 4.16. The first-order valence-corrected chi connectivity index (χ1v) is 11.2. The summed E-state index contributed by atoms with van der Waals surface area (Å²) in [6, 6.07) is 14.6. The van der Waals surface area contributed by atoms with Crippen molar-refractivity contribution < 1.29 is 9.47 Å². The van der Waals surface area contributed by atoms with Crippen LogP contribution in [0.2, 0.25) is 0 Å². The minimum Gasteiger partial charge on any atom is -0.491 e. The molecule has 0 spiro atoms. The van der Waals surface area contributed by atoms with Crippen LogP contribution in [-0.2, 0) is 0 Å². The van der Waals surface area contributed by atoms with Crippen molar-refractivity contribution in [2.24, 2.45) is 0 Å². The van der Waals surface area contributed by atoms with Crippen LogP contribution < -0.4 is 14.8 Å². The topological polar surface area (TPSA) is 72.1 Å². The summed E-state index contributed by atoms with van der Waals surface area (Å²) in [6.45, 7) is 5.97. The lowest BCUT2D eigenvalue weighted by molar-refractivity contribution is 0.160. The van der Waals surface area contributed by atoms with E-state index < -0.39 is 0 Å². The highest BCUT2D eigenvalue weighted by Gasteiger charge is 2.16. The second-order valence-corrected chi connectivity index (χ2v) is 8.49. The number of ether oxygens (including phenoxy) is 2. The normalized spacial score (nSPS) is 16.4. The standard InChI is InChI=1S/C26H28N4O2/c1-17(2)31-20-6-3-5-18(11-20)19-8-9-24-22(12-19)23(14-29-24)25-15-28-16-26(30-25)32-21-7-4-10-27-13-21/h3,5-6,8-9,11-12,14-17,21,27,29H,4,7,10,13H2,1-2H3. The van der Waals surface area contributed by atoms with E-state index in [4.69, 9.17) is 14.5 Å². The van der Waals surface area contributed by atoms with Crippen molar-refractivity contribution in [1.82, 2.24) is 20.3 Å². The molecule has 0 amide bonds. The predicted octanol–water partition coefficient (Wildman–Crippen LogP) is 5.21. The molecule has 3 heterocycles. The van der Waals surface area contributed by atoms with Gasteiger partial charge in [-0.3, -0.25) is 4.98 Å². The van der Waals surface area contributed by atoms with E-state index in [0.29, 0.717) is 5.88 Å². The van der Waals surface area contributed by atoms with Crippen LogP contribution in [0.4, 0.5) is 0 Å². The summed E-state index contributed by atoms with van der Waals surface area (Å²) in [4.78, 5) is 12.5. The Morgan fingerprint density at radius 2 is 1.97 bits per heavy atom. The SMILES string of the molecule is CC(C)Oc1cccc(-c2ccc3[nH]cc(-c4cncc(OC5CCCNC5)n4)c3c2)c1. The molecule has 6 nitrogen and oxygen atoms in total. The van der Waals surface area contributed by atoms with Crippen LogP contribution in [0.5, 0.6) is 11.6 Å². The number of benzene rings is 2. The van der Waals surface area contributed by atoms with Gasteiger partial charge in [-0.15, -0.1) is 0 Å². The average molecular weight is 429 g/mol. The Balaban J connectivity index is 1.46. The highest BCUT2D eigenvalue weighted by atomic mass is 16.5. The zero-order valence-corrected chi connectivity index (χ0v) is 18.5. The molecule has 2 aromatic heterocycles. The van der Waals surface area contributed by atoms with Crippen LogP contribution in [-0.4, -0.2) is 40.2 Å². The van der Waals surface area contributed by atoms with Crippen LogP contribution in [0.25, 0.3) is 33.3 Å². The maximum Gasteiger partial charge on any atom is 0.233 e.